The van der Waals surface area contributed by atoms with Gasteiger partial charge in [0.2, 0.25) is 0 Å². The summed E-state index contributed by atoms with van der Waals surface area (Å²) in [4.78, 5) is 12.7. The molecule has 0 unspecified atom stereocenters. The van der Waals surface area contributed by atoms with E-state index < -0.39 is 0 Å². The molecule has 0 spiro atoms. The van der Waals surface area contributed by atoms with Gasteiger partial charge in [0.15, 0.2) is 0 Å². The van der Waals surface area contributed by atoms with Crippen LogP contribution in [0.1, 0.15) is 24.6 Å². The molecule has 0 atom stereocenters. The molecule has 0 aliphatic heterocycles. The highest BCUT2D eigenvalue weighted by Crippen LogP contribution is 2.13. The quantitative estimate of drug-likeness (QED) is 0.853. The van der Waals surface area contributed by atoms with Gasteiger partial charge in [-0.25, -0.2) is 4.98 Å². The van der Waals surface area contributed by atoms with Gasteiger partial charge in [-0.3, -0.25) is 9.97 Å². The number of hydrogen-bond acceptors (Lipinski definition) is 4. The molecule has 4 heteroatoms. The summed E-state index contributed by atoms with van der Waals surface area (Å²) in [5.41, 5.74) is 2.17. The first-order valence-corrected chi connectivity index (χ1v) is 5.83. The summed E-state index contributed by atoms with van der Waals surface area (Å²) in [5, 5.41) is 3.29. The highest BCUT2D eigenvalue weighted by molar-refractivity contribution is 5.41. The minimum atomic E-state index is 0.780. The van der Waals surface area contributed by atoms with Gasteiger partial charge in [-0.1, -0.05) is 6.92 Å². The van der Waals surface area contributed by atoms with E-state index in [0.717, 1.165) is 30.9 Å². The largest absolute Gasteiger partial charge is 0.369 e. The molecule has 0 saturated carbocycles. The molecule has 2 rings (SSSR count). The monoisotopic (exact) mass is 228 g/mol. The van der Waals surface area contributed by atoms with Gasteiger partial charge in [0.25, 0.3) is 0 Å². The lowest BCUT2D eigenvalue weighted by molar-refractivity contribution is 0.943. The van der Waals surface area contributed by atoms with Crippen LogP contribution in [0, 0.1) is 0 Å². The Labute approximate surface area is 101 Å². The highest BCUT2D eigenvalue weighted by atomic mass is 15.0. The molecule has 17 heavy (non-hydrogen) atoms. The minimum Gasteiger partial charge on any atom is -0.369 e. The second-order valence-corrected chi connectivity index (χ2v) is 3.81. The topological polar surface area (TPSA) is 50.7 Å². The maximum Gasteiger partial charge on any atom is 0.148 e. The van der Waals surface area contributed by atoms with Crippen molar-refractivity contribution in [2.75, 3.05) is 11.9 Å². The predicted octanol–water partition coefficient (Wildman–Crippen LogP) is 2.28. The van der Waals surface area contributed by atoms with Crippen LogP contribution in [0.3, 0.4) is 0 Å². The Bertz CT molecular complexity index is 456. The van der Waals surface area contributed by atoms with E-state index >= 15 is 0 Å². The Hall–Kier alpha value is -1.97. The first-order valence-electron chi connectivity index (χ1n) is 5.83. The van der Waals surface area contributed by atoms with Crippen molar-refractivity contribution in [2.45, 2.75) is 19.8 Å². The number of rotatable bonds is 5. The van der Waals surface area contributed by atoms with Gasteiger partial charge in [0.05, 0.1) is 5.69 Å². The second-order valence-electron chi connectivity index (χ2n) is 3.81. The van der Waals surface area contributed by atoms with E-state index in [9.17, 15) is 0 Å². The Morgan fingerprint density at radius 1 is 1.06 bits per heavy atom. The molecular formula is C13H16N4. The molecule has 88 valence electrons. The molecule has 0 aromatic carbocycles. The van der Waals surface area contributed by atoms with Gasteiger partial charge >= 0.3 is 0 Å². The van der Waals surface area contributed by atoms with E-state index in [1.165, 1.54) is 5.56 Å². The summed E-state index contributed by atoms with van der Waals surface area (Å²) < 4.78 is 0. The number of hydrogen-bond donors (Lipinski definition) is 1. The van der Waals surface area contributed by atoms with Crippen LogP contribution in [0.15, 0.2) is 36.9 Å². The zero-order chi connectivity index (χ0) is 11.9. The summed E-state index contributed by atoms with van der Waals surface area (Å²) in [6.07, 6.45) is 8.89. The lowest BCUT2D eigenvalue weighted by Gasteiger charge is -2.08. The Morgan fingerprint density at radius 2 is 1.82 bits per heavy atom. The average Bonchev–Trinajstić information content (AvgIpc) is 2.39. The number of nitrogens with zero attached hydrogens (tertiary/aromatic N) is 3. The van der Waals surface area contributed by atoms with Crippen LogP contribution in [0.2, 0.25) is 0 Å². The third-order valence-corrected chi connectivity index (χ3v) is 2.44. The summed E-state index contributed by atoms with van der Waals surface area (Å²) >= 11 is 0. The Morgan fingerprint density at radius 3 is 2.59 bits per heavy atom. The molecule has 4 nitrogen and oxygen atoms in total. The van der Waals surface area contributed by atoms with Crippen molar-refractivity contribution in [3.63, 3.8) is 0 Å². The molecule has 0 aliphatic rings. The van der Waals surface area contributed by atoms with E-state index in [-0.39, 0.29) is 0 Å². The lowest BCUT2D eigenvalue weighted by atomic mass is 10.1. The van der Waals surface area contributed by atoms with Gasteiger partial charge in [-0.15, -0.1) is 0 Å². The standard InChI is InChI=1S/C13H16N4/c1-2-5-16-13-12(15-8-9-17-13)10-11-3-6-14-7-4-11/h3-4,6-9H,2,5,10H2,1H3,(H,16,17). The van der Waals surface area contributed by atoms with Crippen molar-refractivity contribution >= 4 is 5.82 Å². The second kappa shape index (κ2) is 5.94. The van der Waals surface area contributed by atoms with Crippen LogP contribution in [-0.2, 0) is 6.42 Å². The predicted molar refractivity (Wildman–Crippen MR) is 67.9 cm³/mol. The van der Waals surface area contributed by atoms with Crippen molar-refractivity contribution in [3.05, 3.63) is 48.2 Å². The van der Waals surface area contributed by atoms with Gasteiger partial charge in [-0.2, -0.15) is 0 Å². The van der Waals surface area contributed by atoms with Crippen molar-refractivity contribution in [1.29, 1.82) is 0 Å². The first-order chi connectivity index (χ1) is 8.40. The van der Waals surface area contributed by atoms with E-state index in [4.69, 9.17) is 0 Å². The van der Waals surface area contributed by atoms with Crippen LogP contribution in [0.5, 0.6) is 0 Å². The van der Waals surface area contributed by atoms with E-state index in [2.05, 4.69) is 27.2 Å². The summed E-state index contributed by atoms with van der Waals surface area (Å²) in [6, 6.07) is 4.00. The summed E-state index contributed by atoms with van der Waals surface area (Å²) in [6.45, 7) is 3.05. The Balaban J connectivity index is 2.15. The molecule has 1 N–H and O–H groups in total. The maximum absolute atomic E-state index is 4.38. The SMILES string of the molecule is CCCNc1nccnc1Cc1ccncc1. The van der Waals surface area contributed by atoms with E-state index in [1.807, 2.05) is 12.1 Å². The maximum atomic E-state index is 4.38. The first kappa shape index (κ1) is 11.5. The van der Waals surface area contributed by atoms with Crippen LogP contribution in [0.25, 0.3) is 0 Å². The number of nitrogens with one attached hydrogen (secondary N) is 1. The molecule has 2 heterocycles. The van der Waals surface area contributed by atoms with E-state index in [0.29, 0.717) is 0 Å². The van der Waals surface area contributed by atoms with Crippen LogP contribution < -0.4 is 5.32 Å². The average molecular weight is 228 g/mol. The minimum absolute atomic E-state index is 0.780. The summed E-state index contributed by atoms with van der Waals surface area (Å²) in [5.74, 6) is 0.881. The fourth-order valence-electron chi connectivity index (χ4n) is 1.58. The molecule has 0 saturated heterocycles. The molecule has 0 amide bonds. The van der Waals surface area contributed by atoms with Crippen LogP contribution >= 0.6 is 0 Å². The number of pyridine rings is 1. The third-order valence-electron chi connectivity index (χ3n) is 2.44. The normalized spacial score (nSPS) is 10.2. The third kappa shape index (κ3) is 3.24. The van der Waals surface area contributed by atoms with Crippen molar-refractivity contribution in [2.24, 2.45) is 0 Å². The van der Waals surface area contributed by atoms with Crippen molar-refractivity contribution in [3.8, 4) is 0 Å². The fourth-order valence-corrected chi connectivity index (χ4v) is 1.58. The lowest BCUT2D eigenvalue weighted by Crippen LogP contribution is -2.07. The molecule has 0 radical (unpaired) electrons. The van der Waals surface area contributed by atoms with Gasteiger partial charge < -0.3 is 5.32 Å². The molecule has 0 bridgehead atoms. The summed E-state index contributed by atoms with van der Waals surface area (Å²) in [7, 11) is 0. The molecule has 0 aliphatic carbocycles. The molecule has 2 aromatic rings. The van der Waals surface area contributed by atoms with Gasteiger partial charge in [0.1, 0.15) is 5.82 Å². The molecule has 0 fully saturated rings. The fraction of sp³-hybridized carbons (Fsp3) is 0.308. The zero-order valence-electron chi connectivity index (χ0n) is 9.93. The van der Waals surface area contributed by atoms with Crippen LogP contribution in [0.4, 0.5) is 5.82 Å². The Kier molecular flexibility index (Phi) is 4.02. The number of aromatic nitrogens is 3. The van der Waals surface area contributed by atoms with Gasteiger partial charge in [-0.05, 0) is 24.1 Å². The highest BCUT2D eigenvalue weighted by Gasteiger charge is 2.04. The molecule has 2 aromatic heterocycles. The number of anilines is 1. The van der Waals surface area contributed by atoms with E-state index in [1.54, 1.807) is 24.8 Å². The zero-order valence-corrected chi connectivity index (χ0v) is 9.93. The van der Waals surface area contributed by atoms with Crippen molar-refractivity contribution in [1.82, 2.24) is 15.0 Å². The van der Waals surface area contributed by atoms with Gasteiger partial charge in [0, 0.05) is 37.8 Å². The van der Waals surface area contributed by atoms with Crippen molar-refractivity contribution < 1.29 is 0 Å². The van der Waals surface area contributed by atoms with Crippen LogP contribution in [-0.4, -0.2) is 21.5 Å². The smallest absolute Gasteiger partial charge is 0.148 e. The molecular weight excluding hydrogens is 212 g/mol.